The van der Waals surface area contributed by atoms with Crippen LogP contribution in [0.1, 0.15) is 156 Å². The molecular weight excluding hydrogens is 1020 g/mol. The van der Waals surface area contributed by atoms with E-state index >= 15 is 0 Å². The lowest BCUT2D eigenvalue weighted by Gasteiger charge is -2.33. The molecule has 3 fully saturated rings. The van der Waals surface area contributed by atoms with Crippen LogP contribution in [-0.2, 0) is 14.2 Å². The summed E-state index contributed by atoms with van der Waals surface area (Å²) in [6.45, 7) is 16.6. The van der Waals surface area contributed by atoms with E-state index in [0.29, 0.717) is 38.6 Å². The number of aromatic nitrogens is 3. The molecule has 3 aliphatic rings. The second kappa shape index (κ2) is 29.4. The van der Waals surface area contributed by atoms with E-state index < -0.39 is 29.0 Å². The fraction of sp³-hybridized carbons (Fsp3) is 0.588. The Labute approximate surface area is 450 Å². The molecule has 18 nitrogen and oxygen atoms in total. The van der Waals surface area contributed by atoms with E-state index in [4.69, 9.17) is 76.9 Å². The standard InChI is InChI=1S/2C17H23ClN4O2.C11H22N2O2.C6H2Cl2N2/c1-17(2,3)24-16(23)21-13-7-5-4-6-12(13)20-14-9-8-11(10-19)15(18)22-14;1-17(2,3)24-16(23)21-13-7-5-4-6-12(13)20-15-11(10-19)8-9-14(18)22-15;1-11(2,3)15-10(14)13-9-7-5-4-6-8(9)12;7-5-2-1-4(3-9)6(8)10-5/h2*8-9,12-13H,4-7H2,1-3H3,(H,20,22)(H,21,23);8-9H,4-7,12H2,1-3H3,(H,13,14);1-2H/t2*12-,13+;8-,9+;/m111./s1. The number of nitrogens with one attached hydrogen (secondary N) is 5. The van der Waals surface area contributed by atoms with Gasteiger partial charge in [-0.15, -0.1) is 0 Å². The van der Waals surface area contributed by atoms with Crippen LogP contribution in [0.3, 0.4) is 0 Å². The Hall–Kier alpha value is -5.55. The normalized spacial score (nSPS) is 20.5. The minimum atomic E-state index is -0.538. The summed E-state index contributed by atoms with van der Waals surface area (Å²) in [7, 11) is 0. The molecule has 3 amide bonds. The molecule has 3 aliphatic carbocycles. The zero-order valence-corrected chi connectivity index (χ0v) is 46.2. The highest BCUT2D eigenvalue weighted by atomic mass is 35.5. The van der Waals surface area contributed by atoms with E-state index in [1.165, 1.54) is 12.1 Å². The zero-order chi connectivity index (χ0) is 54.5. The summed E-state index contributed by atoms with van der Waals surface area (Å²) in [6, 6.07) is 15.6. The van der Waals surface area contributed by atoms with Crippen molar-refractivity contribution in [3.05, 3.63) is 73.7 Å². The van der Waals surface area contributed by atoms with E-state index in [9.17, 15) is 19.6 Å². The summed E-state index contributed by atoms with van der Waals surface area (Å²) in [5.74, 6) is 1.05. The molecular formula is C51H70Cl4N12O6. The molecule has 0 bridgehead atoms. The third-order valence-electron chi connectivity index (χ3n) is 11.0. The average Bonchev–Trinajstić information content (AvgIpc) is 3.27. The summed E-state index contributed by atoms with van der Waals surface area (Å²) >= 11 is 22.9. The van der Waals surface area contributed by atoms with Gasteiger partial charge in [-0.1, -0.05) is 84.9 Å². The van der Waals surface area contributed by atoms with Crippen molar-refractivity contribution < 1.29 is 28.6 Å². The van der Waals surface area contributed by atoms with Crippen molar-refractivity contribution in [1.82, 2.24) is 30.9 Å². The van der Waals surface area contributed by atoms with Gasteiger partial charge in [-0.3, -0.25) is 0 Å². The van der Waals surface area contributed by atoms with Crippen molar-refractivity contribution in [3.8, 4) is 18.2 Å². The highest BCUT2D eigenvalue weighted by Crippen LogP contribution is 2.27. The summed E-state index contributed by atoms with van der Waals surface area (Å²) in [6.07, 6.45) is 10.8. The third kappa shape index (κ3) is 23.9. The molecule has 0 spiro atoms. The van der Waals surface area contributed by atoms with Gasteiger partial charge in [-0.2, -0.15) is 15.8 Å². The molecule has 22 heteroatoms. The third-order valence-corrected chi connectivity index (χ3v) is 12.0. The Bertz CT molecular complexity index is 2430. The molecule has 0 aromatic carbocycles. The summed E-state index contributed by atoms with van der Waals surface area (Å²) in [5.41, 5.74) is 5.53. The number of carbonyl (C=O) groups is 3. The predicted octanol–water partition coefficient (Wildman–Crippen LogP) is 11.8. The Balaban J connectivity index is 0.000000270. The van der Waals surface area contributed by atoms with Crippen LogP contribution in [0.2, 0.25) is 20.6 Å². The van der Waals surface area contributed by atoms with Crippen LogP contribution in [-0.4, -0.2) is 86.3 Å². The summed E-state index contributed by atoms with van der Waals surface area (Å²) in [4.78, 5) is 47.6. The van der Waals surface area contributed by atoms with Crippen LogP contribution in [0, 0.1) is 34.0 Å². The average molecular weight is 1090 g/mol. The Morgan fingerprint density at radius 3 is 1.27 bits per heavy atom. The highest BCUT2D eigenvalue weighted by molar-refractivity contribution is 6.33. The summed E-state index contributed by atoms with van der Waals surface area (Å²) in [5, 5.41) is 42.8. The molecule has 3 aromatic rings. The van der Waals surface area contributed by atoms with E-state index in [1.807, 2.05) is 74.5 Å². The molecule has 73 heavy (non-hydrogen) atoms. The van der Waals surface area contributed by atoms with E-state index in [-0.39, 0.29) is 52.7 Å². The van der Waals surface area contributed by atoms with E-state index in [2.05, 4.69) is 47.6 Å². The number of ether oxygens (including phenoxy) is 3. The van der Waals surface area contributed by atoms with Gasteiger partial charge in [0.25, 0.3) is 0 Å². The van der Waals surface area contributed by atoms with Crippen molar-refractivity contribution in [3.63, 3.8) is 0 Å². The number of nitrogens with zero attached hydrogens (tertiary/aromatic N) is 6. The van der Waals surface area contributed by atoms with Crippen molar-refractivity contribution in [1.29, 1.82) is 15.8 Å². The SMILES string of the molecule is CC(C)(C)OC(=O)N[C@H]1CCCC[C@H]1N.CC(C)(C)OC(=O)N[C@H]1CCCC[C@H]1Nc1ccc(C#N)c(Cl)n1.CC(C)(C)OC(=O)N[C@H]1CCCC[C@H]1Nc1nc(Cl)ccc1C#N.N#Cc1ccc(Cl)nc1Cl. The van der Waals surface area contributed by atoms with Crippen LogP contribution < -0.4 is 32.3 Å². The molecule has 0 radical (unpaired) electrons. The van der Waals surface area contributed by atoms with Gasteiger partial charge < -0.3 is 46.5 Å². The first-order valence-corrected chi connectivity index (χ1v) is 25.8. The molecule has 7 N–H and O–H groups in total. The second-order valence-corrected chi connectivity index (χ2v) is 22.1. The Morgan fingerprint density at radius 1 is 0.507 bits per heavy atom. The minimum Gasteiger partial charge on any atom is -0.444 e. The predicted molar refractivity (Wildman–Crippen MR) is 285 cm³/mol. The van der Waals surface area contributed by atoms with Crippen LogP contribution in [0.15, 0.2) is 36.4 Å². The van der Waals surface area contributed by atoms with Crippen molar-refractivity contribution >= 4 is 76.3 Å². The topological polar surface area (TPSA) is 275 Å². The summed E-state index contributed by atoms with van der Waals surface area (Å²) < 4.78 is 15.9. The van der Waals surface area contributed by atoms with Crippen molar-refractivity contribution in [2.24, 2.45) is 5.73 Å². The second-order valence-electron chi connectivity index (χ2n) is 20.6. The van der Waals surface area contributed by atoms with Crippen LogP contribution >= 0.6 is 46.4 Å². The number of nitriles is 3. The van der Waals surface area contributed by atoms with Crippen molar-refractivity contribution in [2.45, 2.75) is 192 Å². The van der Waals surface area contributed by atoms with Gasteiger partial charge in [-0.25, -0.2) is 29.3 Å². The largest absolute Gasteiger partial charge is 0.444 e. The van der Waals surface area contributed by atoms with Crippen LogP contribution in [0.25, 0.3) is 0 Å². The number of hydrogen-bond acceptors (Lipinski definition) is 15. The van der Waals surface area contributed by atoms with Gasteiger partial charge in [0.05, 0.1) is 28.8 Å². The first-order chi connectivity index (χ1) is 34.2. The number of hydrogen-bond donors (Lipinski definition) is 6. The number of rotatable bonds is 7. The number of halogens is 4. The molecule has 0 saturated heterocycles. The monoisotopic (exact) mass is 1090 g/mol. The van der Waals surface area contributed by atoms with Gasteiger partial charge in [-0.05, 0) is 137 Å². The number of anilines is 2. The van der Waals surface area contributed by atoms with Gasteiger partial charge in [0.2, 0.25) is 0 Å². The first-order valence-electron chi connectivity index (χ1n) is 24.3. The highest BCUT2D eigenvalue weighted by Gasteiger charge is 2.31. The van der Waals surface area contributed by atoms with Gasteiger partial charge in [0.1, 0.15) is 67.3 Å². The lowest BCUT2D eigenvalue weighted by molar-refractivity contribution is 0.0475. The Kier molecular flexibility index (Phi) is 24.8. The van der Waals surface area contributed by atoms with Gasteiger partial charge in [0, 0.05) is 24.2 Å². The van der Waals surface area contributed by atoms with Gasteiger partial charge >= 0.3 is 18.3 Å². The van der Waals surface area contributed by atoms with Crippen LogP contribution in [0.4, 0.5) is 26.0 Å². The molecule has 398 valence electrons. The molecule has 3 saturated carbocycles. The fourth-order valence-corrected chi connectivity index (χ4v) is 8.49. The van der Waals surface area contributed by atoms with Crippen LogP contribution in [0.5, 0.6) is 0 Å². The zero-order valence-electron chi connectivity index (χ0n) is 43.1. The number of amides is 3. The minimum absolute atomic E-state index is 0.0238. The lowest BCUT2D eigenvalue weighted by Crippen LogP contribution is -2.50. The molecule has 0 aliphatic heterocycles. The maximum Gasteiger partial charge on any atom is 0.407 e. The van der Waals surface area contributed by atoms with Crippen molar-refractivity contribution in [2.75, 3.05) is 10.6 Å². The maximum absolute atomic E-state index is 12.1. The number of nitrogens with two attached hydrogens (primary N) is 1. The maximum atomic E-state index is 12.1. The molecule has 6 rings (SSSR count). The molecule has 0 unspecified atom stereocenters. The van der Waals surface area contributed by atoms with E-state index in [1.54, 1.807) is 24.3 Å². The fourth-order valence-electron chi connectivity index (χ4n) is 7.76. The van der Waals surface area contributed by atoms with Gasteiger partial charge in [0.15, 0.2) is 0 Å². The lowest BCUT2D eigenvalue weighted by atomic mass is 9.90. The number of alkyl carbamates (subject to hydrolysis) is 3. The molecule has 3 heterocycles. The molecule has 3 aromatic heterocycles. The molecule has 6 atom stereocenters. The smallest absolute Gasteiger partial charge is 0.407 e. The number of pyridine rings is 3. The van der Waals surface area contributed by atoms with E-state index in [0.717, 1.165) is 77.0 Å². The number of carbonyl (C=O) groups excluding carboxylic acids is 3. The quantitative estimate of drug-likeness (QED) is 0.0948. The Morgan fingerprint density at radius 2 is 0.863 bits per heavy atom. The first kappa shape index (κ1) is 61.7.